The van der Waals surface area contributed by atoms with Crippen molar-refractivity contribution in [3.05, 3.63) is 65.5 Å². The van der Waals surface area contributed by atoms with Crippen LogP contribution in [0.25, 0.3) is 6.08 Å². The van der Waals surface area contributed by atoms with Gasteiger partial charge in [0, 0.05) is 13.1 Å². The lowest BCUT2D eigenvalue weighted by atomic mass is 10.1. The van der Waals surface area contributed by atoms with Crippen LogP contribution >= 0.6 is 0 Å². The molecule has 1 amide bonds. The maximum Gasteiger partial charge on any atom is 0.271 e. The lowest BCUT2D eigenvalue weighted by Crippen LogP contribution is -2.37. The molecule has 6 heteroatoms. The summed E-state index contributed by atoms with van der Waals surface area (Å²) in [4.78, 5) is 14.4. The minimum absolute atomic E-state index is 0.0575. The predicted octanol–water partition coefficient (Wildman–Crippen LogP) is 4.46. The third-order valence-corrected chi connectivity index (χ3v) is 4.66. The number of hydrogen-bond donors (Lipinski definition) is 1. The number of carbonyl (C=O) groups is 1. The van der Waals surface area contributed by atoms with Crippen LogP contribution in [0.5, 0.6) is 11.5 Å². The molecule has 0 bridgehead atoms. The lowest BCUT2D eigenvalue weighted by molar-refractivity contribution is -0.124. The summed E-state index contributed by atoms with van der Waals surface area (Å²) in [6, 6.07) is 11.9. The van der Waals surface area contributed by atoms with Crippen molar-refractivity contribution in [1.82, 2.24) is 4.90 Å². The van der Waals surface area contributed by atoms with Gasteiger partial charge in [0.25, 0.3) is 5.91 Å². The van der Waals surface area contributed by atoms with Gasteiger partial charge < -0.3 is 14.4 Å². The van der Waals surface area contributed by atoms with Gasteiger partial charge >= 0.3 is 0 Å². The standard InChI is InChI=1S/C23H25FN2O3/c1-2-13-26(14-3-4-17-5-9-19(24)10-6-17)23(27)20(25)11-7-18-8-12-21-22(15-18)29-16-28-21/h5-12,15,25H,2-4,13-14,16H2,1H3. The van der Waals surface area contributed by atoms with Crippen molar-refractivity contribution in [3.8, 4) is 11.5 Å². The summed E-state index contributed by atoms with van der Waals surface area (Å²) in [6.07, 6.45) is 5.58. The van der Waals surface area contributed by atoms with Crippen LogP contribution < -0.4 is 9.47 Å². The van der Waals surface area contributed by atoms with Crippen molar-refractivity contribution in [2.24, 2.45) is 0 Å². The number of halogens is 1. The summed E-state index contributed by atoms with van der Waals surface area (Å²) in [5, 5.41) is 8.15. The third kappa shape index (κ3) is 5.67. The Morgan fingerprint density at radius 3 is 2.66 bits per heavy atom. The van der Waals surface area contributed by atoms with Gasteiger partial charge in [-0.15, -0.1) is 0 Å². The molecular formula is C23H25FN2O3. The summed E-state index contributed by atoms with van der Waals surface area (Å²) < 4.78 is 23.6. The van der Waals surface area contributed by atoms with E-state index in [1.807, 2.05) is 25.1 Å². The number of rotatable bonds is 9. The molecule has 0 atom stereocenters. The Morgan fingerprint density at radius 2 is 1.90 bits per heavy atom. The third-order valence-electron chi connectivity index (χ3n) is 4.66. The van der Waals surface area contributed by atoms with Crippen LogP contribution in [0.1, 0.15) is 30.9 Å². The second-order valence-corrected chi connectivity index (χ2v) is 6.88. The van der Waals surface area contributed by atoms with Crippen molar-refractivity contribution in [2.45, 2.75) is 26.2 Å². The molecule has 0 aromatic heterocycles. The summed E-state index contributed by atoms with van der Waals surface area (Å²) in [7, 11) is 0. The van der Waals surface area contributed by atoms with E-state index in [-0.39, 0.29) is 24.2 Å². The first kappa shape index (κ1) is 20.6. The molecule has 2 aromatic carbocycles. The summed E-state index contributed by atoms with van der Waals surface area (Å²) in [5.74, 6) is 0.823. The number of ether oxygens (including phenoxy) is 2. The van der Waals surface area contributed by atoms with E-state index in [4.69, 9.17) is 14.9 Å². The van der Waals surface area contributed by atoms with E-state index in [9.17, 15) is 9.18 Å². The molecule has 2 aromatic rings. The quantitative estimate of drug-likeness (QED) is 0.637. The number of amides is 1. The van der Waals surface area contributed by atoms with Crippen molar-refractivity contribution < 1.29 is 18.7 Å². The van der Waals surface area contributed by atoms with E-state index in [1.165, 1.54) is 18.2 Å². The monoisotopic (exact) mass is 396 g/mol. The lowest BCUT2D eigenvalue weighted by Gasteiger charge is -2.21. The Morgan fingerprint density at radius 1 is 1.14 bits per heavy atom. The molecule has 1 aliphatic heterocycles. The molecule has 0 fully saturated rings. The van der Waals surface area contributed by atoms with Gasteiger partial charge in [0.2, 0.25) is 6.79 Å². The molecule has 0 saturated carbocycles. The van der Waals surface area contributed by atoms with E-state index in [0.717, 1.165) is 30.4 Å². The Bertz CT molecular complexity index is 893. The molecule has 0 radical (unpaired) electrons. The van der Waals surface area contributed by atoms with Crippen LogP contribution in [-0.2, 0) is 11.2 Å². The number of benzene rings is 2. The van der Waals surface area contributed by atoms with Gasteiger partial charge in [0.05, 0.1) is 0 Å². The number of aryl methyl sites for hydroxylation is 1. The Balaban J connectivity index is 1.55. The number of carbonyl (C=O) groups excluding carboxylic acids is 1. The van der Waals surface area contributed by atoms with Crippen LogP contribution in [0.3, 0.4) is 0 Å². The smallest absolute Gasteiger partial charge is 0.271 e. The second kappa shape index (κ2) is 9.87. The fraction of sp³-hybridized carbons (Fsp3) is 0.304. The Labute approximate surface area is 170 Å². The fourth-order valence-electron chi connectivity index (χ4n) is 3.15. The largest absolute Gasteiger partial charge is 0.454 e. The van der Waals surface area contributed by atoms with Crippen molar-refractivity contribution in [2.75, 3.05) is 19.9 Å². The average Bonchev–Trinajstić information content (AvgIpc) is 3.20. The number of hydrogen-bond acceptors (Lipinski definition) is 4. The first-order valence-electron chi connectivity index (χ1n) is 9.77. The molecule has 0 aliphatic carbocycles. The first-order chi connectivity index (χ1) is 14.1. The van der Waals surface area contributed by atoms with Crippen LogP contribution in [0, 0.1) is 11.2 Å². The molecule has 0 unspecified atom stereocenters. The van der Waals surface area contributed by atoms with Gasteiger partial charge in [-0.3, -0.25) is 10.2 Å². The van der Waals surface area contributed by atoms with Crippen molar-refractivity contribution in [3.63, 3.8) is 0 Å². The van der Waals surface area contributed by atoms with Crippen molar-refractivity contribution in [1.29, 1.82) is 5.41 Å². The highest BCUT2D eigenvalue weighted by Gasteiger charge is 2.16. The van der Waals surface area contributed by atoms with Crippen LogP contribution in [0.4, 0.5) is 4.39 Å². The molecule has 1 N–H and O–H groups in total. The van der Waals surface area contributed by atoms with Gasteiger partial charge in [-0.1, -0.05) is 31.2 Å². The van der Waals surface area contributed by atoms with Gasteiger partial charge in [-0.2, -0.15) is 0 Å². The zero-order chi connectivity index (χ0) is 20.6. The van der Waals surface area contributed by atoms with Crippen LogP contribution in [0.15, 0.2) is 48.5 Å². The molecule has 152 valence electrons. The van der Waals surface area contributed by atoms with Gasteiger partial charge in [-0.05, 0) is 60.7 Å². The summed E-state index contributed by atoms with van der Waals surface area (Å²) in [5.41, 5.74) is 1.82. The van der Waals surface area contributed by atoms with Gasteiger partial charge in [0.1, 0.15) is 11.5 Å². The number of nitrogens with zero attached hydrogens (tertiary/aromatic N) is 1. The van der Waals surface area contributed by atoms with E-state index in [1.54, 1.807) is 23.1 Å². The highest BCUT2D eigenvalue weighted by molar-refractivity contribution is 6.42. The van der Waals surface area contributed by atoms with E-state index in [0.29, 0.717) is 24.6 Å². The molecule has 1 aliphatic rings. The molecule has 1 heterocycles. The highest BCUT2D eigenvalue weighted by atomic mass is 19.1. The second-order valence-electron chi connectivity index (χ2n) is 6.88. The van der Waals surface area contributed by atoms with Crippen LogP contribution in [0.2, 0.25) is 0 Å². The van der Waals surface area contributed by atoms with E-state index in [2.05, 4.69) is 0 Å². The zero-order valence-electron chi connectivity index (χ0n) is 16.5. The maximum atomic E-state index is 13.0. The first-order valence-corrected chi connectivity index (χ1v) is 9.77. The molecular weight excluding hydrogens is 371 g/mol. The minimum atomic E-state index is -0.289. The number of fused-ring (bicyclic) bond motifs is 1. The Hall–Kier alpha value is -3.15. The topological polar surface area (TPSA) is 62.6 Å². The van der Waals surface area contributed by atoms with Crippen molar-refractivity contribution >= 4 is 17.7 Å². The average molecular weight is 396 g/mol. The summed E-state index contributed by atoms with van der Waals surface area (Å²) >= 11 is 0. The normalized spacial score (nSPS) is 12.3. The fourth-order valence-corrected chi connectivity index (χ4v) is 3.15. The molecule has 0 spiro atoms. The SMILES string of the molecule is CCCN(CCCc1ccc(F)cc1)C(=O)C(=N)C=Cc1ccc2c(c1)OCO2. The zero-order valence-corrected chi connectivity index (χ0v) is 16.5. The maximum absolute atomic E-state index is 13.0. The van der Waals surface area contributed by atoms with Gasteiger partial charge in [0.15, 0.2) is 11.5 Å². The van der Waals surface area contributed by atoms with E-state index >= 15 is 0 Å². The van der Waals surface area contributed by atoms with Gasteiger partial charge in [-0.25, -0.2) is 4.39 Å². The highest BCUT2D eigenvalue weighted by Crippen LogP contribution is 2.32. The minimum Gasteiger partial charge on any atom is -0.454 e. The molecule has 29 heavy (non-hydrogen) atoms. The number of nitrogens with one attached hydrogen (secondary N) is 1. The Kier molecular flexibility index (Phi) is 7.00. The molecule has 5 nitrogen and oxygen atoms in total. The molecule has 3 rings (SSSR count). The molecule has 0 saturated heterocycles. The van der Waals surface area contributed by atoms with E-state index < -0.39 is 0 Å². The predicted molar refractivity (Wildman–Crippen MR) is 111 cm³/mol. The summed E-state index contributed by atoms with van der Waals surface area (Å²) in [6.45, 7) is 3.37. The van der Waals surface area contributed by atoms with Crippen LogP contribution in [-0.4, -0.2) is 36.4 Å².